The number of benzene rings is 1. The Hall–Kier alpha value is -1.20. The Morgan fingerprint density at radius 1 is 1.47 bits per heavy atom. The van der Waals surface area contributed by atoms with E-state index < -0.39 is 0 Å². The summed E-state index contributed by atoms with van der Waals surface area (Å²) in [6, 6.07) is 4.79. The van der Waals surface area contributed by atoms with Crippen molar-refractivity contribution in [3.05, 3.63) is 40.6 Å². The highest BCUT2D eigenvalue weighted by atomic mass is 79.9. The molecule has 1 N–H and O–H groups in total. The highest BCUT2D eigenvalue weighted by Crippen LogP contribution is 2.31. The summed E-state index contributed by atoms with van der Waals surface area (Å²) in [6.07, 6.45) is 1.53. The normalized spacial score (nSPS) is 12.7. The number of rotatable bonds is 3. The Morgan fingerprint density at radius 2 is 2.24 bits per heavy atom. The molecule has 0 fully saturated rings. The first kappa shape index (κ1) is 12.3. The maximum Gasteiger partial charge on any atom is 0.211 e. The van der Waals surface area contributed by atoms with Crippen LogP contribution in [0, 0.1) is 5.82 Å². The zero-order chi connectivity index (χ0) is 12.4. The molecule has 2 aromatic rings. The van der Waals surface area contributed by atoms with Gasteiger partial charge < -0.3 is 9.73 Å². The van der Waals surface area contributed by atoms with Gasteiger partial charge in [-0.3, -0.25) is 0 Å². The van der Waals surface area contributed by atoms with E-state index in [9.17, 15) is 4.39 Å². The van der Waals surface area contributed by atoms with Gasteiger partial charge in [-0.2, -0.15) is 0 Å². The van der Waals surface area contributed by atoms with E-state index >= 15 is 0 Å². The van der Waals surface area contributed by atoms with E-state index in [2.05, 4.69) is 26.2 Å². The van der Waals surface area contributed by atoms with Gasteiger partial charge in [0.05, 0.1) is 17.8 Å². The highest BCUT2D eigenvalue weighted by Gasteiger charge is 2.16. The first-order valence-corrected chi connectivity index (χ1v) is 6.00. The lowest BCUT2D eigenvalue weighted by Gasteiger charge is -2.05. The molecular weight excluding hydrogens is 287 g/mol. The maximum absolute atomic E-state index is 13.7. The number of nitrogens with zero attached hydrogens (tertiary/aromatic N) is 1. The molecule has 0 amide bonds. The third-order valence-corrected chi connectivity index (χ3v) is 3.20. The van der Waals surface area contributed by atoms with Gasteiger partial charge in [-0.05, 0) is 42.0 Å². The van der Waals surface area contributed by atoms with Gasteiger partial charge in [0.25, 0.3) is 0 Å². The Bertz CT molecular complexity index is 507. The lowest BCUT2D eigenvalue weighted by molar-refractivity contribution is 0.439. The van der Waals surface area contributed by atoms with E-state index in [0.29, 0.717) is 21.7 Å². The summed E-state index contributed by atoms with van der Waals surface area (Å²) in [6.45, 7) is 1.92. The number of oxazole rings is 1. The lowest BCUT2D eigenvalue weighted by atomic mass is 10.2. The molecule has 1 atom stereocenters. The van der Waals surface area contributed by atoms with Crippen molar-refractivity contribution >= 4 is 15.9 Å². The van der Waals surface area contributed by atoms with Gasteiger partial charge in [-0.25, -0.2) is 9.37 Å². The molecule has 1 unspecified atom stereocenters. The fourth-order valence-electron chi connectivity index (χ4n) is 1.46. The van der Waals surface area contributed by atoms with E-state index in [1.807, 2.05) is 14.0 Å². The van der Waals surface area contributed by atoms with Crippen LogP contribution in [-0.4, -0.2) is 12.0 Å². The quantitative estimate of drug-likeness (QED) is 0.942. The maximum atomic E-state index is 13.7. The van der Waals surface area contributed by atoms with Crippen molar-refractivity contribution < 1.29 is 8.81 Å². The Kier molecular flexibility index (Phi) is 3.59. The van der Waals surface area contributed by atoms with Crippen molar-refractivity contribution in [2.24, 2.45) is 0 Å². The van der Waals surface area contributed by atoms with Gasteiger partial charge in [-0.15, -0.1) is 0 Å². The average Bonchev–Trinajstić information content (AvgIpc) is 2.77. The van der Waals surface area contributed by atoms with Crippen LogP contribution in [0.4, 0.5) is 4.39 Å². The van der Waals surface area contributed by atoms with E-state index in [4.69, 9.17) is 4.42 Å². The van der Waals surface area contributed by atoms with E-state index in [1.165, 1.54) is 12.3 Å². The number of nitrogens with one attached hydrogen (secondary N) is 1. The van der Waals surface area contributed by atoms with Crippen LogP contribution < -0.4 is 5.32 Å². The predicted octanol–water partition coefficient (Wildman–Crippen LogP) is 3.52. The molecule has 1 aromatic heterocycles. The molecule has 0 spiro atoms. The summed E-state index contributed by atoms with van der Waals surface area (Å²) in [5.74, 6) is 0.629. The monoisotopic (exact) mass is 298 g/mol. The van der Waals surface area contributed by atoms with Crippen molar-refractivity contribution in [3.63, 3.8) is 0 Å². The topological polar surface area (TPSA) is 38.1 Å². The number of hydrogen-bond donors (Lipinski definition) is 1. The zero-order valence-corrected chi connectivity index (χ0v) is 11.1. The molecule has 0 bridgehead atoms. The molecule has 0 radical (unpaired) electrons. The van der Waals surface area contributed by atoms with Crippen LogP contribution in [0.25, 0.3) is 11.3 Å². The molecule has 0 saturated heterocycles. The molecule has 0 aliphatic heterocycles. The third-order valence-electron chi connectivity index (χ3n) is 2.54. The highest BCUT2D eigenvalue weighted by molar-refractivity contribution is 9.10. The first-order chi connectivity index (χ1) is 8.13. The van der Waals surface area contributed by atoms with E-state index in [-0.39, 0.29) is 11.9 Å². The molecule has 0 aliphatic rings. The van der Waals surface area contributed by atoms with Crippen LogP contribution in [-0.2, 0) is 0 Å². The fourth-order valence-corrected chi connectivity index (χ4v) is 2.00. The summed E-state index contributed by atoms with van der Waals surface area (Å²) in [4.78, 5) is 4.13. The van der Waals surface area contributed by atoms with Crippen LogP contribution >= 0.6 is 15.9 Å². The summed E-state index contributed by atoms with van der Waals surface area (Å²) in [5, 5.41) is 3.01. The second kappa shape index (κ2) is 4.98. The fraction of sp³-hybridized carbons (Fsp3) is 0.250. The molecule has 0 saturated carbocycles. The Labute approximate surface area is 107 Å². The van der Waals surface area contributed by atoms with Gasteiger partial charge in [0.1, 0.15) is 5.82 Å². The van der Waals surface area contributed by atoms with Crippen molar-refractivity contribution in [2.75, 3.05) is 7.05 Å². The molecule has 1 aromatic carbocycles. The smallest absolute Gasteiger partial charge is 0.211 e. The van der Waals surface area contributed by atoms with Crippen molar-refractivity contribution in [1.29, 1.82) is 0 Å². The minimum Gasteiger partial charge on any atom is -0.439 e. The second-order valence-corrected chi connectivity index (χ2v) is 4.52. The molecular formula is C12H12BrFN2O. The van der Waals surface area contributed by atoms with Crippen LogP contribution in [0.2, 0.25) is 0 Å². The number of hydrogen-bond acceptors (Lipinski definition) is 3. The minimum atomic E-state index is -0.334. The van der Waals surface area contributed by atoms with Gasteiger partial charge in [0, 0.05) is 4.47 Å². The molecule has 90 valence electrons. The van der Waals surface area contributed by atoms with Crippen LogP contribution in [0.3, 0.4) is 0 Å². The summed E-state index contributed by atoms with van der Waals surface area (Å²) in [7, 11) is 1.81. The van der Waals surface area contributed by atoms with Gasteiger partial charge in [0.15, 0.2) is 5.76 Å². The number of aromatic nitrogens is 1. The number of halogens is 2. The van der Waals surface area contributed by atoms with Crippen molar-refractivity contribution in [1.82, 2.24) is 10.3 Å². The van der Waals surface area contributed by atoms with Crippen molar-refractivity contribution in [2.45, 2.75) is 13.0 Å². The lowest BCUT2D eigenvalue weighted by Crippen LogP contribution is -2.12. The molecule has 17 heavy (non-hydrogen) atoms. The Balaban J connectivity index is 2.44. The predicted molar refractivity (Wildman–Crippen MR) is 67.1 cm³/mol. The summed E-state index contributed by atoms with van der Waals surface area (Å²) >= 11 is 3.30. The van der Waals surface area contributed by atoms with Gasteiger partial charge in [0.2, 0.25) is 5.89 Å². The van der Waals surface area contributed by atoms with E-state index in [0.717, 1.165) is 0 Å². The van der Waals surface area contributed by atoms with Crippen LogP contribution in [0.1, 0.15) is 18.9 Å². The SMILES string of the molecule is CNC(C)c1ncc(-c2c(F)cccc2Br)o1. The van der Waals surface area contributed by atoms with Crippen LogP contribution in [0.5, 0.6) is 0 Å². The minimum absolute atomic E-state index is 0.00528. The molecule has 1 heterocycles. The third kappa shape index (κ3) is 2.40. The summed E-state index contributed by atoms with van der Waals surface area (Å²) < 4.78 is 19.9. The summed E-state index contributed by atoms with van der Waals surface area (Å²) in [5.41, 5.74) is 0.398. The van der Waals surface area contributed by atoms with Crippen molar-refractivity contribution in [3.8, 4) is 11.3 Å². The second-order valence-electron chi connectivity index (χ2n) is 3.67. The average molecular weight is 299 g/mol. The van der Waals surface area contributed by atoms with Gasteiger partial charge >= 0.3 is 0 Å². The Morgan fingerprint density at radius 3 is 2.88 bits per heavy atom. The van der Waals surface area contributed by atoms with Gasteiger partial charge in [-0.1, -0.05) is 6.07 Å². The first-order valence-electron chi connectivity index (χ1n) is 5.21. The van der Waals surface area contributed by atoms with E-state index in [1.54, 1.807) is 12.1 Å². The molecule has 5 heteroatoms. The largest absolute Gasteiger partial charge is 0.439 e. The zero-order valence-electron chi connectivity index (χ0n) is 9.50. The molecule has 3 nitrogen and oxygen atoms in total. The standard InChI is InChI=1S/C12H12BrFN2O/c1-7(15-2)12-16-6-10(17-12)11-8(13)4-3-5-9(11)14/h3-7,15H,1-2H3. The molecule has 0 aliphatic carbocycles. The van der Waals surface area contributed by atoms with Crippen LogP contribution in [0.15, 0.2) is 33.3 Å². The molecule has 2 rings (SSSR count).